The van der Waals surface area contributed by atoms with E-state index in [4.69, 9.17) is 5.11 Å². The quantitative estimate of drug-likeness (QED) is 0.653. The summed E-state index contributed by atoms with van der Waals surface area (Å²) >= 11 is 0. The zero-order chi connectivity index (χ0) is 14.9. The fourth-order valence-electron chi connectivity index (χ4n) is 2.16. The predicted octanol–water partition coefficient (Wildman–Crippen LogP) is -0.654. The lowest BCUT2D eigenvalue weighted by Gasteiger charge is -2.24. The van der Waals surface area contributed by atoms with Crippen LogP contribution < -0.4 is 0 Å². The van der Waals surface area contributed by atoms with Crippen LogP contribution in [0.1, 0.15) is 19.3 Å². The van der Waals surface area contributed by atoms with Crippen molar-refractivity contribution in [2.24, 2.45) is 0 Å². The van der Waals surface area contributed by atoms with Crippen LogP contribution in [0, 0.1) is 0 Å². The van der Waals surface area contributed by atoms with Crippen LogP contribution in [-0.4, -0.2) is 76.3 Å². The molecule has 0 aromatic carbocycles. The van der Waals surface area contributed by atoms with Crippen molar-refractivity contribution < 1.29 is 24.3 Å². The molecule has 110 valence electrons. The highest BCUT2D eigenvalue weighted by Crippen LogP contribution is 2.27. The number of imide groups is 1. The fraction of sp³-hybridized carbons (Fsp3) is 0.667. The zero-order valence-corrected chi connectivity index (χ0v) is 11.2. The number of nitrogens with zero attached hydrogens (tertiary/aromatic N) is 3. The molecule has 1 saturated carbocycles. The minimum absolute atomic E-state index is 0.0231. The summed E-state index contributed by atoms with van der Waals surface area (Å²) in [6.45, 7) is -0.215. The number of urea groups is 1. The molecular formula is C12H17N3O5. The maximum Gasteiger partial charge on any atom is 0.327 e. The predicted molar refractivity (Wildman–Crippen MR) is 66.7 cm³/mol. The van der Waals surface area contributed by atoms with Gasteiger partial charge in [0.2, 0.25) is 5.91 Å². The number of hydrogen-bond donors (Lipinski definition) is 1. The molecule has 1 heterocycles. The first kappa shape index (κ1) is 14.3. The normalized spacial score (nSPS) is 18.6. The Hall–Kier alpha value is -2.12. The first-order valence-corrected chi connectivity index (χ1v) is 6.47. The van der Waals surface area contributed by atoms with E-state index in [1.807, 2.05) is 0 Å². The lowest BCUT2D eigenvalue weighted by Crippen LogP contribution is -2.44. The van der Waals surface area contributed by atoms with Gasteiger partial charge in [-0.05, 0) is 12.8 Å². The van der Waals surface area contributed by atoms with Gasteiger partial charge in [-0.1, -0.05) is 0 Å². The third-order valence-electron chi connectivity index (χ3n) is 3.40. The Balaban J connectivity index is 1.96. The van der Waals surface area contributed by atoms with Gasteiger partial charge in [0.15, 0.2) is 0 Å². The molecule has 8 heteroatoms. The molecule has 0 bridgehead atoms. The monoisotopic (exact) mass is 283 g/mol. The molecule has 1 aliphatic heterocycles. The highest BCUT2D eigenvalue weighted by molar-refractivity contribution is 6.04. The second-order valence-electron chi connectivity index (χ2n) is 5.08. The maximum absolute atomic E-state index is 12.2. The van der Waals surface area contributed by atoms with E-state index in [0.29, 0.717) is 0 Å². The molecule has 0 aromatic rings. The van der Waals surface area contributed by atoms with E-state index in [-0.39, 0.29) is 38.0 Å². The number of aliphatic carboxylic acids is 1. The molecule has 0 atom stereocenters. The number of carbonyl (C=O) groups excluding carboxylic acids is 3. The van der Waals surface area contributed by atoms with Gasteiger partial charge in [0.1, 0.15) is 13.1 Å². The van der Waals surface area contributed by atoms with Crippen LogP contribution in [-0.2, 0) is 14.4 Å². The molecule has 2 fully saturated rings. The Bertz CT molecular complexity index is 460. The van der Waals surface area contributed by atoms with E-state index < -0.39 is 17.9 Å². The van der Waals surface area contributed by atoms with E-state index in [1.54, 1.807) is 0 Å². The number of carbonyl (C=O) groups is 4. The van der Waals surface area contributed by atoms with E-state index >= 15 is 0 Å². The lowest BCUT2D eigenvalue weighted by atomic mass is 10.3. The molecule has 0 aromatic heterocycles. The van der Waals surface area contributed by atoms with Gasteiger partial charge >= 0.3 is 12.0 Å². The summed E-state index contributed by atoms with van der Waals surface area (Å²) in [4.78, 5) is 49.7. The summed E-state index contributed by atoms with van der Waals surface area (Å²) < 4.78 is 0. The fourth-order valence-corrected chi connectivity index (χ4v) is 2.16. The average molecular weight is 283 g/mol. The highest BCUT2D eigenvalue weighted by Gasteiger charge is 2.38. The highest BCUT2D eigenvalue weighted by atomic mass is 16.4. The first-order valence-electron chi connectivity index (χ1n) is 6.47. The topological polar surface area (TPSA) is 98.2 Å². The molecule has 8 nitrogen and oxygen atoms in total. The van der Waals surface area contributed by atoms with E-state index in [1.165, 1.54) is 16.8 Å². The van der Waals surface area contributed by atoms with E-state index in [0.717, 1.165) is 17.7 Å². The van der Waals surface area contributed by atoms with Gasteiger partial charge in [-0.25, -0.2) is 4.79 Å². The minimum Gasteiger partial charge on any atom is -0.481 e. The van der Waals surface area contributed by atoms with Crippen molar-refractivity contribution in [3.05, 3.63) is 0 Å². The summed E-state index contributed by atoms with van der Waals surface area (Å²) in [5.41, 5.74) is 0. The molecule has 1 aliphatic carbocycles. The van der Waals surface area contributed by atoms with Crippen molar-refractivity contribution in [3.8, 4) is 0 Å². The van der Waals surface area contributed by atoms with Crippen molar-refractivity contribution in [2.45, 2.75) is 25.3 Å². The molecule has 4 amide bonds. The van der Waals surface area contributed by atoms with Gasteiger partial charge in [0.05, 0.1) is 6.42 Å². The zero-order valence-electron chi connectivity index (χ0n) is 11.2. The average Bonchev–Trinajstić information content (AvgIpc) is 3.15. The third kappa shape index (κ3) is 3.06. The van der Waals surface area contributed by atoms with Crippen molar-refractivity contribution in [3.63, 3.8) is 0 Å². The summed E-state index contributed by atoms with van der Waals surface area (Å²) in [6, 6.07) is -0.440. The Kier molecular flexibility index (Phi) is 3.91. The van der Waals surface area contributed by atoms with Crippen molar-refractivity contribution >= 4 is 23.8 Å². The van der Waals surface area contributed by atoms with Crippen LogP contribution in [0.4, 0.5) is 4.79 Å². The number of carboxylic acid groups (broad SMARTS) is 1. The summed E-state index contributed by atoms with van der Waals surface area (Å²) in [6.07, 6.45) is 1.55. The van der Waals surface area contributed by atoms with Crippen molar-refractivity contribution in [1.29, 1.82) is 0 Å². The van der Waals surface area contributed by atoms with Gasteiger partial charge < -0.3 is 14.9 Å². The Labute approximate surface area is 115 Å². The number of rotatable bonds is 6. The third-order valence-corrected chi connectivity index (χ3v) is 3.40. The van der Waals surface area contributed by atoms with E-state index in [9.17, 15) is 19.2 Å². The minimum atomic E-state index is -0.975. The van der Waals surface area contributed by atoms with Crippen LogP contribution in [0.2, 0.25) is 0 Å². The van der Waals surface area contributed by atoms with Crippen LogP contribution >= 0.6 is 0 Å². The molecule has 1 N–H and O–H groups in total. The Morgan fingerprint density at radius 1 is 1.35 bits per heavy atom. The van der Waals surface area contributed by atoms with Gasteiger partial charge in [0.25, 0.3) is 5.91 Å². The van der Waals surface area contributed by atoms with Crippen LogP contribution in [0.15, 0.2) is 0 Å². The molecule has 20 heavy (non-hydrogen) atoms. The Morgan fingerprint density at radius 2 is 2.00 bits per heavy atom. The van der Waals surface area contributed by atoms with Gasteiger partial charge in [0, 0.05) is 19.6 Å². The maximum atomic E-state index is 12.2. The molecule has 2 aliphatic rings. The van der Waals surface area contributed by atoms with Gasteiger partial charge in [-0.2, -0.15) is 0 Å². The second-order valence-corrected chi connectivity index (χ2v) is 5.08. The van der Waals surface area contributed by atoms with Gasteiger partial charge in [-0.15, -0.1) is 0 Å². The Morgan fingerprint density at radius 3 is 2.45 bits per heavy atom. The standard InChI is InChI=1S/C12H17N3O5/c1-13-6-9(16)15(12(13)20)7-10(17)14(8-2-3-8)5-4-11(18)19/h8H,2-7H2,1H3,(H,18,19). The van der Waals surface area contributed by atoms with Gasteiger partial charge in [-0.3, -0.25) is 19.3 Å². The van der Waals surface area contributed by atoms with Crippen molar-refractivity contribution in [2.75, 3.05) is 26.7 Å². The number of likely N-dealkylation sites (N-methyl/N-ethyl adjacent to an activating group) is 1. The van der Waals surface area contributed by atoms with Crippen LogP contribution in [0.5, 0.6) is 0 Å². The number of carboxylic acids is 1. The van der Waals surface area contributed by atoms with Crippen LogP contribution in [0.25, 0.3) is 0 Å². The first-order chi connectivity index (χ1) is 9.40. The molecule has 0 unspecified atom stereocenters. The lowest BCUT2D eigenvalue weighted by molar-refractivity contribution is -0.140. The number of amides is 4. The van der Waals surface area contributed by atoms with Crippen molar-refractivity contribution in [1.82, 2.24) is 14.7 Å². The SMILES string of the molecule is CN1CC(=O)N(CC(=O)N(CCC(=O)O)C2CC2)C1=O. The summed E-state index contributed by atoms with van der Waals surface area (Å²) in [5.74, 6) is -1.75. The number of hydrogen-bond acceptors (Lipinski definition) is 4. The molecule has 0 spiro atoms. The van der Waals surface area contributed by atoms with E-state index in [2.05, 4.69) is 0 Å². The molecular weight excluding hydrogens is 266 g/mol. The smallest absolute Gasteiger partial charge is 0.327 e. The molecule has 1 saturated heterocycles. The molecule has 0 radical (unpaired) electrons. The summed E-state index contributed by atoms with van der Waals surface area (Å²) in [7, 11) is 1.49. The summed E-state index contributed by atoms with van der Waals surface area (Å²) in [5, 5.41) is 8.69. The molecule has 2 rings (SSSR count). The second kappa shape index (κ2) is 5.48. The largest absolute Gasteiger partial charge is 0.481 e. The van der Waals surface area contributed by atoms with Crippen LogP contribution in [0.3, 0.4) is 0 Å².